The Hall–Kier alpha value is -2.31. The van der Waals surface area contributed by atoms with Gasteiger partial charge >= 0.3 is 0 Å². The molecule has 0 fully saturated rings. The van der Waals surface area contributed by atoms with Crippen molar-refractivity contribution in [1.82, 2.24) is 14.9 Å². The van der Waals surface area contributed by atoms with Crippen molar-refractivity contribution in [2.24, 2.45) is 5.10 Å². The maximum atomic E-state index is 9.42. The second-order valence-corrected chi connectivity index (χ2v) is 6.39. The van der Waals surface area contributed by atoms with Gasteiger partial charge in [0.2, 0.25) is 5.16 Å². The van der Waals surface area contributed by atoms with Crippen LogP contribution in [0.5, 0.6) is 5.75 Å². The number of nitrogens with zero attached hydrogens (tertiary/aromatic N) is 4. The van der Waals surface area contributed by atoms with E-state index in [1.807, 2.05) is 24.3 Å². The van der Waals surface area contributed by atoms with Crippen molar-refractivity contribution in [1.29, 1.82) is 0 Å². The molecular formula is C16H11ClN4OS. The molecular weight excluding hydrogens is 332 g/mol. The van der Waals surface area contributed by atoms with E-state index in [0.29, 0.717) is 10.8 Å². The summed E-state index contributed by atoms with van der Waals surface area (Å²) >= 11 is 7.53. The van der Waals surface area contributed by atoms with Gasteiger partial charge < -0.3 is 5.11 Å². The summed E-state index contributed by atoms with van der Waals surface area (Å²) in [5.74, 6) is 1.60. The number of aromatic hydroxyl groups is 1. The van der Waals surface area contributed by atoms with Gasteiger partial charge in [0.15, 0.2) is 5.82 Å². The van der Waals surface area contributed by atoms with Crippen molar-refractivity contribution in [3.63, 3.8) is 0 Å². The average Bonchev–Trinajstić information content (AvgIpc) is 2.99. The third kappa shape index (κ3) is 2.71. The molecule has 0 saturated carbocycles. The summed E-state index contributed by atoms with van der Waals surface area (Å²) in [6.07, 6.45) is 0. The molecule has 1 aromatic heterocycles. The number of hydrogen-bond donors (Lipinski definition) is 1. The molecule has 1 aliphatic rings. The third-order valence-corrected chi connectivity index (χ3v) is 4.66. The van der Waals surface area contributed by atoms with E-state index in [2.05, 4.69) is 15.3 Å². The molecule has 7 heteroatoms. The summed E-state index contributed by atoms with van der Waals surface area (Å²) in [5, 5.41) is 24.0. The molecule has 0 aliphatic carbocycles. The van der Waals surface area contributed by atoms with Crippen LogP contribution in [0.25, 0.3) is 11.4 Å². The van der Waals surface area contributed by atoms with Gasteiger partial charge in [0, 0.05) is 16.3 Å². The topological polar surface area (TPSA) is 63.3 Å². The predicted molar refractivity (Wildman–Crippen MR) is 91.2 cm³/mol. The van der Waals surface area contributed by atoms with Gasteiger partial charge in [-0.05, 0) is 42.0 Å². The molecule has 1 aliphatic heterocycles. The number of benzene rings is 2. The lowest BCUT2D eigenvalue weighted by Gasteiger charge is -2.14. The smallest absolute Gasteiger partial charge is 0.212 e. The minimum absolute atomic E-state index is 0.215. The fraction of sp³-hybridized carbons (Fsp3) is 0.0625. The Morgan fingerprint density at radius 3 is 2.39 bits per heavy atom. The molecule has 0 atom stereocenters. The molecule has 0 amide bonds. The van der Waals surface area contributed by atoms with Crippen LogP contribution in [0.15, 0.2) is 58.8 Å². The summed E-state index contributed by atoms with van der Waals surface area (Å²) in [6.45, 7) is 0. The number of rotatable bonds is 2. The third-order valence-electron chi connectivity index (χ3n) is 3.47. The van der Waals surface area contributed by atoms with E-state index in [9.17, 15) is 5.11 Å². The Morgan fingerprint density at radius 1 is 0.957 bits per heavy atom. The first-order valence-corrected chi connectivity index (χ1v) is 8.28. The van der Waals surface area contributed by atoms with Gasteiger partial charge in [-0.2, -0.15) is 9.78 Å². The fourth-order valence-corrected chi connectivity index (χ4v) is 3.27. The van der Waals surface area contributed by atoms with Gasteiger partial charge in [-0.1, -0.05) is 35.5 Å². The van der Waals surface area contributed by atoms with Gasteiger partial charge in [0.1, 0.15) is 5.75 Å². The van der Waals surface area contributed by atoms with E-state index < -0.39 is 0 Å². The molecule has 0 spiro atoms. The highest BCUT2D eigenvalue weighted by Gasteiger charge is 2.20. The van der Waals surface area contributed by atoms with E-state index in [1.165, 1.54) is 0 Å². The fourth-order valence-electron chi connectivity index (χ4n) is 2.30. The van der Waals surface area contributed by atoms with Crippen molar-refractivity contribution in [2.75, 3.05) is 5.75 Å². The largest absolute Gasteiger partial charge is 0.508 e. The zero-order valence-electron chi connectivity index (χ0n) is 11.8. The quantitative estimate of drug-likeness (QED) is 0.772. The van der Waals surface area contributed by atoms with Crippen molar-refractivity contribution in [3.05, 3.63) is 59.1 Å². The number of aromatic nitrogens is 3. The normalized spacial score (nSPS) is 13.5. The summed E-state index contributed by atoms with van der Waals surface area (Å²) in [4.78, 5) is 0. The first kappa shape index (κ1) is 14.3. The zero-order chi connectivity index (χ0) is 15.8. The molecule has 0 bridgehead atoms. The minimum atomic E-state index is 0.215. The zero-order valence-corrected chi connectivity index (χ0v) is 13.4. The molecule has 0 saturated heterocycles. The van der Waals surface area contributed by atoms with E-state index in [4.69, 9.17) is 11.6 Å². The van der Waals surface area contributed by atoms with Crippen LogP contribution >= 0.6 is 23.4 Å². The molecule has 2 aromatic carbocycles. The van der Waals surface area contributed by atoms with Crippen LogP contribution in [-0.4, -0.2) is 31.4 Å². The van der Waals surface area contributed by atoms with Gasteiger partial charge in [-0.25, -0.2) is 0 Å². The SMILES string of the molecule is Oc1ccc(-c2nnc3n2N=C(c2ccc(Cl)cc2)CS3)cc1. The van der Waals surface area contributed by atoms with Crippen LogP contribution in [0.3, 0.4) is 0 Å². The van der Waals surface area contributed by atoms with Gasteiger partial charge in [0.25, 0.3) is 0 Å². The second kappa shape index (κ2) is 5.72. The summed E-state index contributed by atoms with van der Waals surface area (Å²) in [6, 6.07) is 14.5. The van der Waals surface area contributed by atoms with Crippen molar-refractivity contribution >= 4 is 29.1 Å². The summed E-state index contributed by atoms with van der Waals surface area (Å²) < 4.78 is 1.74. The Labute approximate surface area is 141 Å². The molecule has 1 N–H and O–H groups in total. The molecule has 0 unspecified atom stereocenters. The van der Waals surface area contributed by atoms with Crippen molar-refractivity contribution in [3.8, 4) is 17.1 Å². The van der Waals surface area contributed by atoms with E-state index >= 15 is 0 Å². The van der Waals surface area contributed by atoms with Crippen LogP contribution in [0.2, 0.25) is 5.02 Å². The lowest BCUT2D eigenvalue weighted by molar-refractivity contribution is 0.475. The summed E-state index contributed by atoms with van der Waals surface area (Å²) in [7, 11) is 0. The second-order valence-electron chi connectivity index (χ2n) is 5.01. The lowest BCUT2D eigenvalue weighted by Crippen LogP contribution is -2.13. The Balaban J connectivity index is 1.77. The standard InChI is InChI=1S/C16H11ClN4OS/c17-12-5-1-10(2-6-12)14-9-23-16-19-18-15(21(16)20-14)11-3-7-13(22)8-4-11/h1-8,22H,9H2. The van der Waals surface area contributed by atoms with E-state index in [1.54, 1.807) is 40.7 Å². The number of phenols is 1. The first-order chi connectivity index (χ1) is 11.2. The minimum Gasteiger partial charge on any atom is -0.508 e. The molecule has 0 radical (unpaired) electrons. The van der Waals surface area contributed by atoms with Crippen LogP contribution in [0.4, 0.5) is 0 Å². The van der Waals surface area contributed by atoms with Gasteiger partial charge in [-0.3, -0.25) is 0 Å². The van der Waals surface area contributed by atoms with Crippen LogP contribution in [0.1, 0.15) is 5.56 Å². The highest BCUT2D eigenvalue weighted by atomic mass is 35.5. The van der Waals surface area contributed by atoms with Crippen molar-refractivity contribution < 1.29 is 5.11 Å². The highest BCUT2D eigenvalue weighted by Crippen LogP contribution is 2.29. The number of halogens is 1. The molecule has 3 aromatic rings. The molecule has 5 nitrogen and oxygen atoms in total. The van der Waals surface area contributed by atoms with E-state index in [0.717, 1.165) is 27.7 Å². The summed E-state index contributed by atoms with van der Waals surface area (Å²) in [5.41, 5.74) is 2.82. The van der Waals surface area contributed by atoms with Crippen LogP contribution in [-0.2, 0) is 0 Å². The monoisotopic (exact) mass is 342 g/mol. The van der Waals surface area contributed by atoms with Crippen LogP contribution < -0.4 is 0 Å². The number of phenolic OH excluding ortho intramolecular Hbond substituents is 1. The predicted octanol–water partition coefficient (Wildman–Crippen LogP) is 3.66. The van der Waals surface area contributed by atoms with Crippen LogP contribution in [0, 0.1) is 0 Å². The number of thioether (sulfide) groups is 1. The maximum Gasteiger partial charge on any atom is 0.212 e. The Bertz CT molecular complexity index is 887. The van der Waals surface area contributed by atoms with E-state index in [-0.39, 0.29) is 5.75 Å². The molecule has 4 rings (SSSR count). The Morgan fingerprint density at radius 2 is 1.65 bits per heavy atom. The molecule has 114 valence electrons. The maximum absolute atomic E-state index is 9.42. The molecule has 2 heterocycles. The Kier molecular flexibility index (Phi) is 3.55. The first-order valence-electron chi connectivity index (χ1n) is 6.92. The lowest BCUT2D eigenvalue weighted by atomic mass is 10.1. The van der Waals surface area contributed by atoms with Crippen molar-refractivity contribution in [2.45, 2.75) is 5.16 Å². The van der Waals surface area contributed by atoms with Gasteiger partial charge in [-0.15, -0.1) is 10.2 Å². The van der Waals surface area contributed by atoms with Gasteiger partial charge in [0.05, 0.1) is 5.71 Å². The number of fused-ring (bicyclic) bond motifs is 1. The highest BCUT2D eigenvalue weighted by molar-refractivity contribution is 7.99. The number of hydrogen-bond acceptors (Lipinski definition) is 5. The average molecular weight is 343 g/mol. The molecule has 23 heavy (non-hydrogen) atoms.